The van der Waals surface area contributed by atoms with E-state index in [4.69, 9.17) is 9.47 Å². The number of aliphatic hydroxyl groups excluding tert-OH is 1. The minimum atomic E-state index is -0.704. The van der Waals surface area contributed by atoms with Crippen molar-refractivity contribution in [1.29, 1.82) is 0 Å². The summed E-state index contributed by atoms with van der Waals surface area (Å²) in [5, 5.41) is 12.7. The molecule has 0 aromatic carbocycles. The quantitative estimate of drug-likeness (QED) is 0.561. The van der Waals surface area contributed by atoms with Crippen LogP contribution in [0.3, 0.4) is 0 Å². The van der Waals surface area contributed by atoms with Gasteiger partial charge in [-0.3, -0.25) is 4.79 Å². The van der Waals surface area contributed by atoms with Crippen LogP contribution in [0.2, 0.25) is 0 Å². The lowest BCUT2D eigenvalue weighted by Gasteiger charge is -2.18. The third-order valence-electron chi connectivity index (χ3n) is 2.21. The van der Waals surface area contributed by atoms with Gasteiger partial charge in [0.05, 0.1) is 25.7 Å². The van der Waals surface area contributed by atoms with Gasteiger partial charge in [-0.1, -0.05) is 6.92 Å². The van der Waals surface area contributed by atoms with E-state index >= 15 is 0 Å². The fraction of sp³-hybridized carbons (Fsp3) is 0.909. The summed E-state index contributed by atoms with van der Waals surface area (Å²) in [5.74, 6) is -0.364. The minimum absolute atomic E-state index is 0.0320. The first-order valence-electron chi connectivity index (χ1n) is 5.70. The number of hydrogen-bond donors (Lipinski definition) is 2. The number of methoxy groups -OCH3 is 1. The molecule has 0 aromatic heterocycles. The van der Waals surface area contributed by atoms with Crippen molar-refractivity contribution in [2.75, 3.05) is 26.9 Å². The van der Waals surface area contributed by atoms with E-state index in [9.17, 15) is 9.90 Å². The molecule has 0 saturated heterocycles. The average molecular weight is 233 g/mol. The van der Waals surface area contributed by atoms with Crippen molar-refractivity contribution in [1.82, 2.24) is 5.32 Å². The summed E-state index contributed by atoms with van der Waals surface area (Å²) in [5.41, 5.74) is 0. The van der Waals surface area contributed by atoms with E-state index in [0.717, 1.165) is 6.42 Å². The smallest absolute Gasteiger partial charge is 0.308 e. The van der Waals surface area contributed by atoms with Crippen LogP contribution in [0.15, 0.2) is 0 Å². The molecule has 2 atom stereocenters. The van der Waals surface area contributed by atoms with Crippen LogP contribution < -0.4 is 5.32 Å². The zero-order chi connectivity index (χ0) is 12.4. The molecule has 0 amide bonds. The Morgan fingerprint density at radius 2 is 2.12 bits per heavy atom. The Balaban J connectivity index is 3.69. The third kappa shape index (κ3) is 7.62. The van der Waals surface area contributed by atoms with E-state index in [1.807, 2.05) is 6.92 Å². The van der Waals surface area contributed by atoms with Gasteiger partial charge >= 0.3 is 5.97 Å². The predicted molar refractivity (Wildman–Crippen MR) is 61.2 cm³/mol. The predicted octanol–water partition coefficient (Wildman–Crippen LogP) is 0.315. The van der Waals surface area contributed by atoms with Crippen molar-refractivity contribution in [3.8, 4) is 0 Å². The highest BCUT2D eigenvalue weighted by Crippen LogP contribution is 1.96. The lowest BCUT2D eigenvalue weighted by Crippen LogP contribution is -2.38. The molecular formula is C11H23NO4. The maximum Gasteiger partial charge on any atom is 0.308 e. The fourth-order valence-corrected chi connectivity index (χ4v) is 1.31. The Labute approximate surface area is 97.1 Å². The van der Waals surface area contributed by atoms with Gasteiger partial charge in [0, 0.05) is 19.7 Å². The van der Waals surface area contributed by atoms with Crippen LogP contribution in [0.1, 0.15) is 26.7 Å². The second-order valence-corrected chi connectivity index (χ2v) is 3.63. The summed E-state index contributed by atoms with van der Waals surface area (Å²) in [6.45, 7) is 5.10. The minimum Gasteiger partial charge on any atom is -0.466 e. The van der Waals surface area contributed by atoms with Crippen LogP contribution in [0, 0.1) is 0 Å². The summed E-state index contributed by atoms with van der Waals surface area (Å²) in [4.78, 5) is 11.1. The molecule has 0 radical (unpaired) electrons. The SMILES string of the molecule is CCOC(=O)CC(O)CNC(CC)COC. The molecule has 0 spiro atoms. The van der Waals surface area contributed by atoms with Crippen LogP contribution in [0.5, 0.6) is 0 Å². The number of carbonyl (C=O) groups is 1. The number of rotatable bonds is 9. The molecule has 0 rings (SSSR count). The van der Waals surface area contributed by atoms with Crippen molar-refractivity contribution in [2.45, 2.75) is 38.8 Å². The number of nitrogens with one attached hydrogen (secondary N) is 1. The summed E-state index contributed by atoms with van der Waals surface area (Å²) >= 11 is 0. The molecule has 0 aliphatic heterocycles. The molecule has 0 heterocycles. The normalized spacial score (nSPS) is 14.5. The highest BCUT2D eigenvalue weighted by atomic mass is 16.5. The molecule has 2 unspecified atom stereocenters. The number of ether oxygens (including phenoxy) is 2. The Bertz CT molecular complexity index is 187. The van der Waals surface area contributed by atoms with E-state index in [-0.39, 0.29) is 18.4 Å². The summed E-state index contributed by atoms with van der Waals surface area (Å²) in [7, 11) is 1.64. The Hall–Kier alpha value is -0.650. The largest absolute Gasteiger partial charge is 0.466 e. The standard InChI is InChI=1S/C11H23NO4/c1-4-9(8-15-3)12-7-10(13)6-11(14)16-5-2/h9-10,12-13H,4-8H2,1-3H3. The molecule has 0 bridgehead atoms. The van der Waals surface area contributed by atoms with Crippen molar-refractivity contribution in [2.24, 2.45) is 0 Å². The Kier molecular flexibility index (Phi) is 9.18. The van der Waals surface area contributed by atoms with Crippen molar-refractivity contribution < 1.29 is 19.4 Å². The summed E-state index contributed by atoms with van der Waals surface area (Å²) < 4.78 is 9.75. The van der Waals surface area contributed by atoms with Crippen LogP contribution in [0.4, 0.5) is 0 Å². The van der Waals surface area contributed by atoms with Gasteiger partial charge in [-0.15, -0.1) is 0 Å². The lowest BCUT2D eigenvalue weighted by molar-refractivity contribution is -0.145. The molecule has 5 heteroatoms. The average Bonchev–Trinajstić information content (AvgIpc) is 2.24. The van der Waals surface area contributed by atoms with Gasteiger partial charge in [-0.25, -0.2) is 0 Å². The van der Waals surface area contributed by atoms with Gasteiger partial charge in [0.15, 0.2) is 0 Å². The molecule has 16 heavy (non-hydrogen) atoms. The van der Waals surface area contributed by atoms with Crippen molar-refractivity contribution in [3.05, 3.63) is 0 Å². The molecular weight excluding hydrogens is 210 g/mol. The first-order valence-corrected chi connectivity index (χ1v) is 5.70. The summed E-state index contributed by atoms with van der Waals surface area (Å²) in [6.07, 6.45) is 0.245. The van der Waals surface area contributed by atoms with Gasteiger partial charge in [-0.2, -0.15) is 0 Å². The fourth-order valence-electron chi connectivity index (χ4n) is 1.31. The van der Waals surface area contributed by atoms with Crippen LogP contribution >= 0.6 is 0 Å². The van der Waals surface area contributed by atoms with Crippen LogP contribution in [-0.4, -0.2) is 50.1 Å². The maximum absolute atomic E-state index is 11.1. The number of carbonyl (C=O) groups excluding carboxylic acids is 1. The number of aliphatic hydroxyl groups is 1. The Morgan fingerprint density at radius 1 is 1.44 bits per heavy atom. The van der Waals surface area contributed by atoms with Crippen LogP contribution in [-0.2, 0) is 14.3 Å². The monoisotopic (exact) mass is 233 g/mol. The van der Waals surface area contributed by atoms with Crippen LogP contribution in [0.25, 0.3) is 0 Å². The third-order valence-corrected chi connectivity index (χ3v) is 2.21. The van der Waals surface area contributed by atoms with E-state index in [1.165, 1.54) is 0 Å². The first kappa shape index (κ1) is 15.3. The van der Waals surface area contributed by atoms with Crippen molar-refractivity contribution in [3.63, 3.8) is 0 Å². The summed E-state index contributed by atoms with van der Waals surface area (Å²) in [6, 6.07) is 0.210. The molecule has 0 aromatic rings. The number of hydrogen-bond acceptors (Lipinski definition) is 5. The van der Waals surface area contributed by atoms with E-state index in [2.05, 4.69) is 5.32 Å². The molecule has 0 aliphatic carbocycles. The first-order chi connectivity index (χ1) is 7.63. The van der Waals surface area contributed by atoms with Gasteiger partial charge in [0.2, 0.25) is 0 Å². The molecule has 96 valence electrons. The second-order valence-electron chi connectivity index (χ2n) is 3.63. The van der Waals surface area contributed by atoms with Crippen molar-refractivity contribution >= 4 is 5.97 Å². The number of esters is 1. The molecule has 0 fully saturated rings. The molecule has 5 nitrogen and oxygen atoms in total. The zero-order valence-electron chi connectivity index (χ0n) is 10.4. The van der Waals surface area contributed by atoms with E-state index in [1.54, 1.807) is 14.0 Å². The van der Waals surface area contributed by atoms with Gasteiger partial charge in [-0.05, 0) is 13.3 Å². The van der Waals surface area contributed by atoms with E-state index < -0.39 is 6.10 Å². The zero-order valence-corrected chi connectivity index (χ0v) is 10.4. The van der Waals surface area contributed by atoms with Gasteiger partial charge < -0.3 is 19.9 Å². The van der Waals surface area contributed by atoms with Gasteiger partial charge in [0.1, 0.15) is 0 Å². The highest BCUT2D eigenvalue weighted by molar-refractivity contribution is 5.69. The van der Waals surface area contributed by atoms with E-state index in [0.29, 0.717) is 19.8 Å². The lowest BCUT2D eigenvalue weighted by atomic mass is 10.2. The van der Waals surface area contributed by atoms with Gasteiger partial charge in [0.25, 0.3) is 0 Å². The topological polar surface area (TPSA) is 67.8 Å². The second kappa shape index (κ2) is 9.57. The molecule has 2 N–H and O–H groups in total. The Morgan fingerprint density at radius 3 is 2.62 bits per heavy atom. The maximum atomic E-state index is 11.1. The molecule has 0 aliphatic rings. The highest BCUT2D eigenvalue weighted by Gasteiger charge is 2.13. The molecule has 0 saturated carbocycles.